The Kier molecular flexibility index (Phi) is 3.06. The van der Waals surface area contributed by atoms with Gasteiger partial charge in [0.1, 0.15) is 0 Å². The van der Waals surface area contributed by atoms with E-state index in [0.717, 1.165) is 12.0 Å². The second-order valence-corrected chi connectivity index (χ2v) is 12.0. The molecule has 0 unspecified atom stereocenters. The molecule has 0 spiro atoms. The van der Waals surface area contributed by atoms with Crippen LogP contribution in [0.25, 0.3) is 0 Å². The van der Waals surface area contributed by atoms with E-state index >= 15 is 0 Å². The number of rotatable bonds is 3. The minimum atomic E-state index is -2.84. The molecule has 0 saturated heterocycles. The standard InChI is InChI=1S/C10H18O2SSi/c1-5-6-9-7-13(11,12)8-10(9)14(2,3)4/h5H,1,6-8H2,2-4H3. The van der Waals surface area contributed by atoms with Gasteiger partial charge in [0.15, 0.2) is 9.84 Å². The van der Waals surface area contributed by atoms with Crippen LogP contribution in [0.1, 0.15) is 6.42 Å². The average Bonchev–Trinajstić information content (AvgIpc) is 2.25. The van der Waals surface area contributed by atoms with Crippen LogP contribution in [0.3, 0.4) is 0 Å². The van der Waals surface area contributed by atoms with Crippen molar-refractivity contribution < 1.29 is 8.42 Å². The molecule has 0 fully saturated rings. The first-order chi connectivity index (χ1) is 6.26. The van der Waals surface area contributed by atoms with Crippen molar-refractivity contribution in [3.63, 3.8) is 0 Å². The van der Waals surface area contributed by atoms with Crippen molar-refractivity contribution in [1.29, 1.82) is 0 Å². The maximum Gasteiger partial charge on any atom is 0.157 e. The lowest BCUT2D eigenvalue weighted by Gasteiger charge is -2.19. The van der Waals surface area contributed by atoms with E-state index in [0.29, 0.717) is 5.75 Å². The summed E-state index contributed by atoms with van der Waals surface area (Å²) in [5.41, 5.74) is 1.11. The molecule has 0 aliphatic carbocycles. The summed E-state index contributed by atoms with van der Waals surface area (Å²) in [6.45, 7) is 10.3. The van der Waals surface area contributed by atoms with Gasteiger partial charge in [-0.2, -0.15) is 0 Å². The molecular weight excluding hydrogens is 212 g/mol. The Hall–Kier alpha value is -0.353. The van der Waals surface area contributed by atoms with Crippen molar-refractivity contribution in [2.24, 2.45) is 0 Å². The summed E-state index contributed by atoms with van der Waals surface area (Å²) >= 11 is 0. The highest BCUT2D eigenvalue weighted by molar-refractivity contribution is 7.92. The Bertz CT molecular complexity index is 371. The predicted octanol–water partition coefficient (Wildman–Crippen LogP) is 2.16. The molecule has 1 heterocycles. The second kappa shape index (κ2) is 3.66. The monoisotopic (exact) mass is 230 g/mol. The van der Waals surface area contributed by atoms with Gasteiger partial charge in [0.25, 0.3) is 0 Å². The molecule has 0 aromatic carbocycles. The first kappa shape index (κ1) is 11.7. The Labute approximate surface area is 87.6 Å². The minimum Gasteiger partial charge on any atom is -0.228 e. The van der Waals surface area contributed by atoms with Crippen LogP contribution in [0.4, 0.5) is 0 Å². The normalized spacial score (nSPS) is 21.4. The Morgan fingerprint density at radius 1 is 1.36 bits per heavy atom. The summed E-state index contributed by atoms with van der Waals surface area (Å²) in [5, 5.41) is 1.22. The van der Waals surface area contributed by atoms with Crippen molar-refractivity contribution in [1.82, 2.24) is 0 Å². The lowest BCUT2D eigenvalue weighted by Crippen LogP contribution is -2.26. The van der Waals surface area contributed by atoms with Gasteiger partial charge in [0.05, 0.1) is 19.6 Å². The van der Waals surface area contributed by atoms with Gasteiger partial charge < -0.3 is 0 Å². The zero-order valence-electron chi connectivity index (χ0n) is 9.13. The van der Waals surface area contributed by atoms with Crippen LogP contribution in [-0.4, -0.2) is 28.0 Å². The molecule has 0 amide bonds. The first-order valence-corrected chi connectivity index (χ1v) is 10.1. The second-order valence-electron chi connectivity index (χ2n) is 4.86. The first-order valence-electron chi connectivity index (χ1n) is 4.79. The van der Waals surface area contributed by atoms with Crippen LogP contribution in [0.2, 0.25) is 19.6 Å². The van der Waals surface area contributed by atoms with Crippen LogP contribution in [-0.2, 0) is 9.84 Å². The molecule has 0 radical (unpaired) electrons. The highest BCUT2D eigenvalue weighted by atomic mass is 32.2. The largest absolute Gasteiger partial charge is 0.228 e. The molecule has 0 atom stereocenters. The molecule has 14 heavy (non-hydrogen) atoms. The quantitative estimate of drug-likeness (QED) is 0.550. The summed E-state index contributed by atoms with van der Waals surface area (Å²) in [7, 11) is -4.30. The third-order valence-corrected chi connectivity index (χ3v) is 6.60. The molecule has 80 valence electrons. The maximum atomic E-state index is 11.5. The molecule has 1 aliphatic heterocycles. The van der Waals surface area contributed by atoms with Crippen molar-refractivity contribution >= 4 is 17.9 Å². The molecular formula is C10H18O2SSi. The van der Waals surface area contributed by atoms with Crippen LogP contribution < -0.4 is 0 Å². The predicted molar refractivity (Wildman–Crippen MR) is 63.8 cm³/mol. The highest BCUT2D eigenvalue weighted by Gasteiger charge is 2.33. The third kappa shape index (κ3) is 2.57. The smallest absolute Gasteiger partial charge is 0.157 e. The minimum absolute atomic E-state index is 0.263. The van der Waals surface area contributed by atoms with Gasteiger partial charge >= 0.3 is 0 Å². The summed E-state index contributed by atoms with van der Waals surface area (Å²) < 4.78 is 23.0. The van der Waals surface area contributed by atoms with Gasteiger partial charge in [-0.1, -0.05) is 36.5 Å². The van der Waals surface area contributed by atoms with E-state index in [1.54, 1.807) is 6.08 Å². The number of sulfone groups is 1. The van der Waals surface area contributed by atoms with Crippen molar-refractivity contribution in [3.8, 4) is 0 Å². The Morgan fingerprint density at radius 2 is 1.93 bits per heavy atom. The molecule has 0 aromatic rings. The van der Waals surface area contributed by atoms with Crippen LogP contribution >= 0.6 is 0 Å². The third-order valence-electron chi connectivity index (χ3n) is 2.48. The lowest BCUT2D eigenvalue weighted by molar-refractivity contribution is 0.602. The highest BCUT2D eigenvalue weighted by Crippen LogP contribution is 2.29. The SMILES string of the molecule is C=CCC1=C([Si](C)(C)C)CS(=O)(=O)C1. The van der Waals surface area contributed by atoms with E-state index in [2.05, 4.69) is 26.2 Å². The summed E-state index contributed by atoms with van der Waals surface area (Å²) in [4.78, 5) is 0. The molecule has 1 rings (SSSR count). The summed E-state index contributed by atoms with van der Waals surface area (Å²) in [6.07, 6.45) is 2.54. The van der Waals surface area contributed by atoms with E-state index in [9.17, 15) is 8.42 Å². The fourth-order valence-electron chi connectivity index (χ4n) is 1.83. The van der Waals surface area contributed by atoms with E-state index in [1.165, 1.54) is 5.20 Å². The summed E-state index contributed by atoms with van der Waals surface area (Å²) in [6, 6.07) is 0. The van der Waals surface area contributed by atoms with Gasteiger partial charge in [-0.3, -0.25) is 0 Å². The Balaban J connectivity index is 3.08. The van der Waals surface area contributed by atoms with Gasteiger partial charge in [0.2, 0.25) is 0 Å². The van der Waals surface area contributed by atoms with E-state index in [1.807, 2.05) is 0 Å². The fourth-order valence-corrected chi connectivity index (χ4v) is 7.17. The zero-order valence-corrected chi connectivity index (χ0v) is 10.9. The zero-order chi connectivity index (χ0) is 11.0. The number of allylic oxidation sites excluding steroid dienone is 1. The lowest BCUT2D eigenvalue weighted by atomic mass is 10.2. The molecule has 1 aliphatic rings. The number of hydrogen-bond donors (Lipinski definition) is 0. The van der Waals surface area contributed by atoms with E-state index in [-0.39, 0.29) is 5.75 Å². The van der Waals surface area contributed by atoms with Crippen molar-refractivity contribution in [3.05, 3.63) is 23.4 Å². The van der Waals surface area contributed by atoms with Gasteiger partial charge in [-0.05, 0) is 6.42 Å². The maximum absolute atomic E-state index is 11.5. The van der Waals surface area contributed by atoms with Crippen molar-refractivity contribution in [2.45, 2.75) is 26.1 Å². The number of hydrogen-bond acceptors (Lipinski definition) is 2. The summed E-state index contributed by atoms with van der Waals surface area (Å²) in [5.74, 6) is 0.560. The molecule has 0 aromatic heterocycles. The van der Waals surface area contributed by atoms with Gasteiger partial charge in [0, 0.05) is 0 Å². The van der Waals surface area contributed by atoms with Gasteiger partial charge in [-0.25, -0.2) is 8.42 Å². The molecule has 4 heteroatoms. The van der Waals surface area contributed by atoms with Gasteiger partial charge in [-0.15, -0.1) is 6.58 Å². The Morgan fingerprint density at radius 3 is 2.36 bits per heavy atom. The van der Waals surface area contributed by atoms with Crippen molar-refractivity contribution in [2.75, 3.05) is 11.5 Å². The molecule has 0 bridgehead atoms. The van der Waals surface area contributed by atoms with Crippen LogP contribution in [0, 0.1) is 0 Å². The molecule has 0 saturated carbocycles. The van der Waals surface area contributed by atoms with E-state index < -0.39 is 17.9 Å². The van der Waals surface area contributed by atoms with Crippen LogP contribution in [0.15, 0.2) is 23.4 Å². The van der Waals surface area contributed by atoms with E-state index in [4.69, 9.17) is 0 Å². The topological polar surface area (TPSA) is 34.1 Å². The average molecular weight is 230 g/mol. The van der Waals surface area contributed by atoms with Crippen LogP contribution in [0.5, 0.6) is 0 Å². The molecule has 2 nitrogen and oxygen atoms in total. The fraction of sp³-hybridized carbons (Fsp3) is 0.600. The molecule has 0 N–H and O–H groups in total.